The van der Waals surface area contributed by atoms with Crippen LogP contribution in [0.25, 0.3) is 5.69 Å². The fourth-order valence-electron chi connectivity index (χ4n) is 3.21. The number of aliphatic carboxylic acids is 1. The van der Waals surface area contributed by atoms with Gasteiger partial charge in [0.2, 0.25) is 0 Å². The molecule has 1 amide bonds. The van der Waals surface area contributed by atoms with E-state index in [2.05, 4.69) is 5.10 Å². The van der Waals surface area contributed by atoms with Crippen molar-refractivity contribution in [2.75, 3.05) is 13.1 Å². The molecule has 1 saturated heterocycles. The highest BCUT2D eigenvalue weighted by molar-refractivity contribution is 5.96. The number of alkyl halides is 3. The number of rotatable bonds is 3. The minimum Gasteiger partial charge on any atom is -0.481 e. The summed E-state index contributed by atoms with van der Waals surface area (Å²) in [6, 6.07) is 6.35. The van der Waals surface area contributed by atoms with Gasteiger partial charge in [0, 0.05) is 13.1 Å². The number of nitrogens with zero attached hydrogens (tertiary/aromatic N) is 3. The minimum absolute atomic E-state index is 0.0779. The second kappa shape index (κ2) is 6.40. The number of benzene rings is 1. The number of carbonyl (C=O) groups excluding carboxylic acids is 1. The molecule has 1 atom stereocenters. The summed E-state index contributed by atoms with van der Waals surface area (Å²) < 4.78 is 41.9. The van der Waals surface area contributed by atoms with Crippen LogP contribution in [0.5, 0.6) is 0 Å². The van der Waals surface area contributed by atoms with Gasteiger partial charge in [-0.25, -0.2) is 4.68 Å². The van der Waals surface area contributed by atoms with Gasteiger partial charge >= 0.3 is 12.1 Å². The first-order chi connectivity index (χ1) is 12.5. The third-order valence-electron chi connectivity index (χ3n) is 4.79. The number of carboxylic acid groups (broad SMARTS) is 1. The molecule has 0 aliphatic carbocycles. The van der Waals surface area contributed by atoms with E-state index in [1.807, 2.05) is 0 Å². The third-order valence-corrected chi connectivity index (χ3v) is 4.79. The van der Waals surface area contributed by atoms with Crippen LogP contribution < -0.4 is 0 Å². The molecule has 9 heteroatoms. The molecule has 1 N–H and O–H groups in total. The van der Waals surface area contributed by atoms with Crippen molar-refractivity contribution >= 4 is 11.9 Å². The first-order valence-electron chi connectivity index (χ1n) is 8.28. The van der Waals surface area contributed by atoms with Gasteiger partial charge in [-0.15, -0.1) is 0 Å². The van der Waals surface area contributed by atoms with E-state index in [0.717, 1.165) is 16.7 Å². The van der Waals surface area contributed by atoms with Crippen LogP contribution in [0, 0.1) is 12.3 Å². The first-order valence-corrected chi connectivity index (χ1v) is 8.28. The van der Waals surface area contributed by atoms with Gasteiger partial charge in [0.15, 0.2) is 5.69 Å². The van der Waals surface area contributed by atoms with E-state index >= 15 is 0 Å². The van der Waals surface area contributed by atoms with Gasteiger partial charge in [-0.05, 0) is 38.0 Å². The molecule has 0 bridgehead atoms. The lowest BCUT2D eigenvalue weighted by atomic mass is 9.90. The van der Waals surface area contributed by atoms with Crippen molar-refractivity contribution in [3.05, 3.63) is 47.3 Å². The van der Waals surface area contributed by atoms with E-state index in [1.54, 1.807) is 19.1 Å². The van der Waals surface area contributed by atoms with Gasteiger partial charge in [-0.2, -0.15) is 18.3 Å². The number of carbonyl (C=O) groups is 2. The van der Waals surface area contributed by atoms with Crippen LogP contribution in [0.15, 0.2) is 30.5 Å². The number of halogens is 3. The lowest BCUT2D eigenvalue weighted by molar-refractivity contribution is -0.147. The number of aromatic nitrogens is 2. The van der Waals surface area contributed by atoms with E-state index in [9.17, 15) is 27.9 Å². The highest BCUT2D eigenvalue weighted by Crippen LogP contribution is 2.36. The van der Waals surface area contributed by atoms with Gasteiger partial charge in [0.25, 0.3) is 5.91 Å². The average molecular weight is 381 g/mol. The molecule has 1 aromatic heterocycles. The smallest absolute Gasteiger partial charge is 0.434 e. The van der Waals surface area contributed by atoms with Gasteiger partial charge in [0.05, 0.1) is 22.9 Å². The summed E-state index contributed by atoms with van der Waals surface area (Å²) >= 11 is 0. The lowest BCUT2D eigenvalue weighted by Gasteiger charge is -2.20. The Kier molecular flexibility index (Phi) is 4.49. The molecule has 0 saturated carbocycles. The Morgan fingerprint density at radius 2 is 2.00 bits per heavy atom. The Morgan fingerprint density at radius 1 is 1.30 bits per heavy atom. The zero-order valence-corrected chi connectivity index (χ0v) is 14.7. The zero-order chi connectivity index (χ0) is 20.0. The number of amides is 1. The summed E-state index contributed by atoms with van der Waals surface area (Å²) in [6.45, 7) is 3.15. The molecule has 27 heavy (non-hydrogen) atoms. The van der Waals surface area contributed by atoms with Crippen molar-refractivity contribution in [3.8, 4) is 5.69 Å². The summed E-state index contributed by atoms with van der Waals surface area (Å²) in [5, 5.41) is 13.1. The third kappa shape index (κ3) is 3.41. The van der Waals surface area contributed by atoms with Crippen LogP contribution in [-0.2, 0) is 11.0 Å². The molecule has 6 nitrogen and oxygen atoms in total. The highest BCUT2D eigenvalue weighted by atomic mass is 19.4. The van der Waals surface area contributed by atoms with Gasteiger partial charge < -0.3 is 10.0 Å². The molecule has 1 fully saturated rings. The number of aryl methyl sites for hydroxylation is 1. The monoisotopic (exact) mass is 381 g/mol. The SMILES string of the molecule is Cc1cccc(-n2ncc(C(=O)N3CCC(C)(C(=O)O)C3)c2C(F)(F)F)c1. The zero-order valence-electron chi connectivity index (χ0n) is 14.7. The predicted octanol–water partition coefficient (Wildman–Crippen LogP) is 3.14. The summed E-state index contributed by atoms with van der Waals surface area (Å²) in [4.78, 5) is 25.2. The second-order valence-corrected chi connectivity index (χ2v) is 7.00. The van der Waals surface area contributed by atoms with E-state index in [-0.39, 0.29) is 25.2 Å². The van der Waals surface area contributed by atoms with Gasteiger partial charge in [0.1, 0.15) is 0 Å². The van der Waals surface area contributed by atoms with Crippen LogP contribution in [0.1, 0.15) is 35.0 Å². The molecule has 1 aliphatic heterocycles. The normalized spacial score (nSPS) is 20.1. The van der Waals surface area contributed by atoms with Crippen molar-refractivity contribution in [1.82, 2.24) is 14.7 Å². The fraction of sp³-hybridized carbons (Fsp3) is 0.389. The fourth-order valence-corrected chi connectivity index (χ4v) is 3.21. The van der Waals surface area contributed by atoms with Crippen LogP contribution in [0.4, 0.5) is 13.2 Å². The summed E-state index contributed by atoms with van der Waals surface area (Å²) in [7, 11) is 0. The molecular formula is C18H18F3N3O3. The van der Waals surface area contributed by atoms with E-state index in [1.165, 1.54) is 19.1 Å². The standard InChI is InChI=1S/C18H18F3N3O3/c1-11-4-3-5-12(8-11)24-14(18(19,20)21)13(9-22-24)15(25)23-7-6-17(2,10-23)16(26)27/h3-5,8-9H,6-7,10H2,1-2H3,(H,26,27). The topological polar surface area (TPSA) is 75.4 Å². The summed E-state index contributed by atoms with van der Waals surface area (Å²) in [5.41, 5.74) is -1.97. The predicted molar refractivity (Wildman–Crippen MR) is 89.6 cm³/mol. The number of hydrogen-bond donors (Lipinski definition) is 1. The van der Waals surface area contributed by atoms with E-state index in [4.69, 9.17) is 0 Å². The Balaban J connectivity index is 2.02. The van der Waals surface area contributed by atoms with Crippen LogP contribution >= 0.6 is 0 Å². The molecule has 2 heterocycles. The van der Waals surface area contributed by atoms with Crippen molar-refractivity contribution in [3.63, 3.8) is 0 Å². The molecule has 144 valence electrons. The van der Waals surface area contributed by atoms with E-state index in [0.29, 0.717) is 4.68 Å². The molecule has 1 aromatic carbocycles. The highest BCUT2D eigenvalue weighted by Gasteiger charge is 2.46. The molecule has 1 unspecified atom stereocenters. The molecule has 0 spiro atoms. The van der Waals surface area contributed by atoms with Gasteiger partial charge in [-0.1, -0.05) is 12.1 Å². The summed E-state index contributed by atoms with van der Waals surface area (Å²) in [6.07, 6.45) is -3.73. The Morgan fingerprint density at radius 3 is 2.56 bits per heavy atom. The Labute approximate surface area is 153 Å². The van der Waals surface area contributed by atoms with E-state index < -0.39 is 34.7 Å². The number of likely N-dealkylation sites (tertiary alicyclic amines) is 1. The van der Waals surface area contributed by atoms with Crippen molar-refractivity contribution in [2.45, 2.75) is 26.4 Å². The lowest BCUT2D eigenvalue weighted by Crippen LogP contribution is -2.35. The quantitative estimate of drug-likeness (QED) is 0.886. The largest absolute Gasteiger partial charge is 0.481 e. The molecule has 3 rings (SSSR count). The minimum atomic E-state index is -4.80. The van der Waals surface area contributed by atoms with Crippen LogP contribution in [0.3, 0.4) is 0 Å². The maximum atomic E-state index is 13.7. The molecule has 0 radical (unpaired) electrons. The summed E-state index contributed by atoms with van der Waals surface area (Å²) in [5.74, 6) is -1.95. The first kappa shape index (κ1) is 18.9. The van der Waals surface area contributed by atoms with Crippen molar-refractivity contribution < 1.29 is 27.9 Å². The molecule has 1 aliphatic rings. The molecular weight excluding hydrogens is 363 g/mol. The Bertz CT molecular complexity index is 907. The van der Waals surface area contributed by atoms with Crippen molar-refractivity contribution in [2.24, 2.45) is 5.41 Å². The maximum Gasteiger partial charge on any atom is 0.434 e. The Hall–Kier alpha value is -2.84. The van der Waals surface area contributed by atoms with Gasteiger partial charge in [-0.3, -0.25) is 9.59 Å². The van der Waals surface area contributed by atoms with Crippen LogP contribution in [-0.4, -0.2) is 44.8 Å². The average Bonchev–Trinajstić information content (AvgIpc) is 3.19. The van der Waals surface area contributed by atoms with Crippen LogP contribution in [0.2, 0.25) is 0 Å². The number of carboxylic acids is 1. The maximum absolute atomic E-state index is 13.7. The second-order valence-electron chi connectivity index (χ2n) is 7.00. The number of hydrogen-bond acceptors (Lipinski definition) is 3. The molecule has 2 aromatic rings. The van der Waals surface area contributed by atoms with Crippen molar-refractivity contribution in [1.29, 1.82) is 0 Å².